The number of phenolic OH excluding ortho intramolecular Hbond substituents is 1. The number of rotatable bonds is 6. The average Bonchev–Trinajstić information content (AvgIpc) is 3.25. The van der Waals surface area contributed by atoms with E-state index >= 15 is 0 Å². The first kappa shape index (κ1) is 20.0. The summed E-state index contributed by atoms with van der Waals surface area (Å²) in [6, 6.07) is 26.8. The van der Waals surface area contributed by atoms with Gasteiger partial charge in [-0.3, -0.25) is 0 Å². The van der Waals surface area contributed by atoms with Crippen LogP contribution in [0.15, 0.2) is 84.0 Å². The molecule has 31 heavy (non-hydrogen) atoms. The van der Waals surface area contributed by atoms with Crippen molar-refractivity contribution in [1.29, 1.82) is 0 Å². The van der Waals surface area contributed by atoms with E-state index in [1.807, 2.05) is 18.2 Å². The predicted octanol–water partition coefficient (Wildman–Crippen LogP) is 6.74. The van der Waals surface area contributed by atoms with Gasteiger partial charge in [0.2, 0.25) is 0 Å². The monoisotopic (exact) mass is 426 g/mol. The van der Waals surface area contributed by atoms with Crippen LogP contribution >= 0.6 is 11.8 Å². The maximum Gasteiger partial charge on any atom is 0.166 e. The molecule has 156 valence electrons. The summed E-state index contributed by atoms with van der Waals surface area (Å²) in [4.78, 5) is 8.54. The second-order valence-electron chi connectivity index (χ2n) is 8.16. The first-order valence-electron chi connectivity index (χ1n) is 10.9. The zero-order valence-corrected chi connectivity index (χ0v) is 18.2. The van der Waals surface area contributed by atoms with Gasteiger partial charge in [0.05, 0.1) is 11.4 Å². The van der Waals surface area contributed by atoms with Crippen LogP contribution in [0.3, 0.4) is 0 Å². The van der Waals surface area contributed by atoms with Gasteiger partial charge < -0.3 is 10.1 Å². The Kier molecular flexibility index (Phi) is 5.81. The van der Waals surface area contributed by atoms with Crippen LogP contribution in [-0.4, -0.2) is 20.8 Å². The Morgan fingerprint density at radius 1 is 0.903 bits per heavy atom. The smallest absolute Gasteiger partial charge is 0.166 e. The van der Waals surface area contributed by atoms with Crippen LogP contribution in [0.5, 0.6) is 5.75 Å². The Balaban J connectivity index is 1.30. The van der Waals surface area contributed by atoms with E-state index < -0.39 is 0 Å². The minimum atomic E-state index is 0.461. The van der Waals surface area contributed by atoms with E-state index in [9.17, 15) is 5.11 Å². The molecule has 0 spiro atoms. The molecule has 0 amide bonds. The Morgan fingerprint density at radius 2 is 1.65 bits per heavy atom. The molecule has 1 heterocycles. The number of thioether (sulfide) groups is 1. The molecular weight excluding hydrogens is 400 g/mol. The van der Waals surface area contributed by atoms with Crippen LogP contribution < -0.4 is 0 Å². The molecule has 3 nitrogen and oxygen atoms in total. The van der Waals surface area contributed by atoms with E-state index in [1.54, 1.807) is 17.8 Å². The number of nitrogens with zero attached hydrogens (tertiary/aromatic N) is 1. The molecule has 2 N–H and O–H groups in total. The van der Waals surface area contributed by atoms with Crippen LogP contribution in [0.1, 0.15) is 24.0 Å². The van der Waals surface area contributed by atoms with Gasteiger partial charge in [-0.2, -0.15) is 0 Å². The zero-order valence-electron chi connectivity index (χ0n) is 17.4. The quantitative estimate of drug-likeness (QED) is 0.336. The number of aromatic amines is 1. The second kappa shape index (κ2) is 9.03. The number of aromatic hydroxyl groups is 1. The minimum Gasteiger partial charge on any atom is -0.508 e. The Hall–Kier alpha value is -2.98. The second-order valence-corrected chi connectivity index (χ2v) is 9.24. The van der Waals surface area contributed by atoms with E-state index in [2.05, 4.69) is 59.6 Å². The highest BCUT2D eigenvalue weighted by Gasteiger charge is 2.21. The topological polar surface area (TPSA) is 48.9 Å². The molecule has 0 bridgehead atoms. The zero-order chi connectivity index (χ0) is 21.0. The number of H-pyrrole nitrogens is 1. The summed E-state index contributed by atoms with van der Waals surface area (Å²) in [6.45, 7) is 0. The highest BCUT2D eigenvalue weighted by molar-refractivity contribution is 7.99. The molecule has 4 aromatic rings. The summed E-state index contributed by atoms with van der Waals surface area (Å²) < 4.78 is 0. The molecule has 4 heteroatoms. The van der Waals surface area contributed by atoms with Crippen molar-refractivity contribution >= 4 is 11.8 Å². The van der Waals surface area contributed by atoms with E-state index in [1.165, 1.54) is 5.56 Å². The van der Waals surface area contributed by atoms with Gasteiger partial charge in [-0.25, -0.2) is 4.98 Å². The number of phenols is 1. The number of hydrogen-bond donors (Lipinski definition) is 2. The Bertz CT molecular complexity index is 1100. The summed E-state index contributed by atoms with van der Waals surface area (Å²) in [5, 5.41) is 11.0. The molecule has 0 fully saturated rings. The average molecular weight is 427 g/mol. The molecule has 5 rings (SSSR count). The van der Waals surface area contributed by atoms with Crippen molar-refractivity contribution in [3.05, 3.63) is 90.0 Å². The van der Waals surface area contributed by atoms with Gasteiger partial charge in [-0.15, -0.1) is 0 Å². The summed E-state index contributed by atoms with van der Waals surface area (Å²) in [5.41, 5.74) is 6.85. The van der Waals surface area contributed by atoms with E-state index in [4.69, 9.17) is 4.98 Å². The lowest BCUT2D eigenvalue weighted by Gasteiger charge is -2.24. The molecule has 1 aromatic heterocycles. The number of hydrogen-bond acceptors (Lipinski definition) is 3. The number of fused-ring (bicyclic) bond motifs is 1. The third kappa shape index (κ3) is 4.40. The van der Waals surface area contributed by atoms with E-state index in [0.717, 1.165) is 64.7 Å². The fraction of sp³-hybridized carbons (Fsp3) is 0.222. The molecule has 1 unspecified atom stereocenters. The first-order chi connectivity index (χ1) is 15.3. The van der Waals surface area contributed by atoms with Crippen molar-refractivity contribution in [2.24, 2.45) is 5.92 Å². The third-order valence-corrected chi connectivity index (χ3v) is 7.02. The van der Waals surface area contributed by atoms with Crippen molar-refractivity contribution in [3.63, 3.8) is 0 Å². The molecule has 1 atom stereocenters. The minimum absolute atomic E-state index is 0.461. The van der Waals surface area contributed by atoms with E-state index in [0.29, 0.717) is 11.7 Å². The lowest BCUT2D eigenvalue weighted by molar-refractivity contribution is 0.422. The standard InChI is InChI=1S/C27H26N2OS/c30-24-13-7-12-22-18-19(14-15-23(22)24)16-17-31-27-28-25(20-8-3-1-4-9-20)26(29-27)21-10-5-2-6-11-21/h1-13,19,30H,14-18H2,(H,28,29). The largest absolute Gasteiger partial charge is 0.508 e. The SMILES string of the molecule is Oc1cccc2c1CCC(CCSc1nc(-c3ccccc3)c(-c3ccccc3)[nH]1)C2. The van der Waals surface area contributed by atoms with Gasteiger partial charge in [-0.1, -0.05) is 84.6 Å². The van der Waals surface area contributed by atoms with Gasteiger partial charge in [0.1, 0.15) is 5.75 Å². The first-order valence-corrected chi connectivity index (χ1v) is 11.9. The van der Waals surface area contributed by atoms with Crippen LogP contribution in [-0.2, 0) is 12.8 Å². The molecule has 0 saturated heterocycles. The van der Waals surface area contributed by atoms with E-state index in [-0.39, 0.29) is 0 Å². The number of nitrogens with one attached hydrogen (secondary N) is 1. The van der Waals surface area contributed by atoms with Gasteiger partial charge in [0, 0.05) is 16.9 Å². The molecule has 0 aliphatic heterocycles. The lowest BCUT2D eigenvalue weighted by Crippen LogP contribution is -2.15. The van der Waals surface area contributed by atoms with Gasteiger partial charge in [-0.05, 0) is 48.8 Å². The van der Waals surface area contributed by atoms with Gasteiger partial charge >= 0.3 is 0 Å². The van der Waals surface area contributed by atoms with Gasteiger partial charge in [0.15, 0.2) is 5.16 Å². The van der Waals surface area contributed by atoms with Crippen LogP contribution in [0.2, 0.25) is 0 Å². The normalized spacial score (nSPS) is 15.5. The lowest BCUT2D eigenvalue weighted by atomic mass is 9.82. The molecular formula is C27H26N2OS. The predicted molar refractivity (Wildman–Crippen MR) is 128 cm³/mol. The Labute approximate surface area is 187 Å². The van der Waals surface area contributed by atoms with Crippen LogP contribution in [0.4, 0.5) is 0 Å². The summed E-state index contributed by atoms with van der Waals surface area (Å²) in [6.07, 6.45) is 4.34. The molecule has 1 aliphatic rings. The third-order valence-electron chi connectivity index (χ3n) is 6.12. The fourth-order valence-corrected chi connectivity index (χ4v) is 5.44. The maximum absolute atomic E-state index is 10.1. The fourth-order valence-electron chi connectivity index (χ4n) is 4.47. The summed E-state index contributed by atoms with van der Waals surface area (Å²) in [5.74, 6) is 2.16. The Morgan fingerprint density at radius 3 is 2.42 bits per heavy atom. The number of aromatic nitrogens is 2. The summed E-state index contributed by atoms with van der Waals surface area (Å²) in [7, 11) is 0. The molecule has 1 aliphatic carbocycles. The molecule has 3 aromatic carbocycles. The van der Waals surface area contributed by atoms with Crippen molar-refractivity contribution in [2.75, 3.05) is 5.75 Å². The van der Waals surface area contributed by atoms with Gasteiger partial charge in [0.25, 0.3) is 0 Å². The van der Waals surface area contributed by atoms with Crippen molar-refractivity contribution in [1.82, 2.24) is 9.97 Å². The molecule has 0 radical (unpaired) electrons. The van der Waals surface area contributed by atoms with Crippen LogP contribution in [0, 0.1) is 5.92 Å². The van der Waals surface area contributed by atoms with Crippen molar-refractivity contribution in [3.8, 4) is 28.3 Å². The van der Waals surface area contributed by atoms with Crippen molar-refractivity contribution < 1.29 is 5.11 Å². The van der Waals surface area contributed by atoms with Crippen LogP contribution in [0.25, 0.3) is 22.5 Å². The number of benzene rings is 3. The maximum atomic E-state index is 10.1. The highest BCUT2D eigenvalue weighted by atomic mass is 32.2. The summed E-state index contributed by atoms with van der Waals surface area (Å²) >= 11 is 1.81. The highest BCUT2D eigenvalue weighted by Crippen LogP contribution is 2.35. The van der Waals surface area contributed by atoms with Crippen molar-refractivity contribution in [2.45, 2.75) is 30.8 Å². The number of imidazole rings is 1. The molecule has 0 saturated carbocycles.